The number of aromatic nitrogens is 4. The van der Waals surface area contributed by atoms with Crippen LogP contribution in [0.15, 0.2) is 212 Å². The Hall–Kier alpha value is -9.07. The Labute approximate surface area is 418 Å². The van der Waals surface area contributed by atoms with Crippen LogP contribution >= 0.6 is 0 Å². The summed E-state index contributed by atoms with van der Waals surface area (Å²) in [6.07, 6.45) is 1.79. The Morgan fingerprint density at radius 3 is 1.86 bits per heavy atom. The number of pyridine rings is 1. The zero-order valence-corrected chi connectivity index (χ0v) is 37.7. The maximum Gasteiger partial charge on any atom is 0.137 e. The van der Waals surface area contributed by atoms with Crippen LogP contribution in [0.2, 0.25) is 0 Å². The number of benzene rings is 9. The predicted molar refractivity (Wildman–Crippen MR) is 291 cm³/mol. The van der Waals surface area contributed by atoms with E-state index >= 15 is 0 Å². The Morgan fingerprint density at radius 2 is 1.16 bits per heavy atom. The number of para-hydroxylation sites is 5. The molecule has 7 nitrogen and oxygen atoms in total. The van der Waals surface area contributed by atoms with Crippen molar-refractivity contribution in [2.75, 3.05) is 16.5 Å². The number of hydrogen-bond acceptors (Lipinski definition) is 4. The average molecular weight is 913 g/mol. The van der Waals surface area contributed by atoms with E-state index in [2.05, 4.69) is 4.90 Å². The van der Waals surface area contributed by atoms with Gasteiger partial charge in [0.1, 0.15) is 24.0 Å². The van der Waals surface area contributed by atoms with Gasteiger partial charge in [-0.15, -0.1) is 0 Å². The zero-order chi connectivity index (χ0) is 55.1. The molecule has 0 spiro atoms. The number of nitrogens with zero attached hydrogens (tertiary/aromatic N) is 6. The summed E-state index contributed by atoms with van der Waals surface area (Å²) in [5.74, 6) is 1.40. The van der Waals surface area contributed by atoms with Gasteiger partial charge in [0.25, 0.3) is 0 Å². The lowest BCUT2D eigenvalue weighted by atomic mass is 9.93. The van der Waals surface area contributed by atoms with E-state index in [-0.39, 0.29) is 30.8 Å². The second kappa shape index (κ2) is 15.5. The highest BCUT2D eigenvalue weighted by molar-refractivity contribution is 6.33. The van der Waals surface area contributed by atoms with Crippen LogP contribution in [-0.2, 0) is 14.0 Å². The number of aryl methyl sites for hydroxylation is 3. The van der Waals surface area contributed by atoms with Gasteiger partial charge in [-0.05, 0) is 84.3 Å². The first-order chi connectivity index (χ1) is 38.6. The minimum atomic E-state index is -2.71. The average Bonchev–Trinajstić information content (AvgIpc) is 4.40. The van der Waals surface area contributed by atoms with Gasteiger partial charge in [-0.1, -0.05) is 133 Å². The molecule has 1 aliphatic heterocycles. The molecular formula is C63H46N6O. The van der Waals surface area contributed by atoms with E-state index in [1.54, 1.807) is 16.8 Å². The van der Waals surface area contributed by atoms with Gasteiger partial charge in [0, 0.05) is 101 Å². The highest BCUT2D eigenvalue weighted by atomic mass is 16.5. The lowest BCUT2D eigenvalue weighted by Crippen LogP contribution is -2.25. The van der Waals surface area contributed by atoms with Gasteiger partial charge >= 0.3 is 0 Å². The van der Waals surface area contributed by atoms with E-state index in [4.69, 9.17) is 15.2 Å². The van der Waals surface area contributed by atoms with Crippen LogP contribution in [0.3, 0.4) is 0 Å². The molecule has 5 heterocycles. The molecule has 0 atom stereocenters. The maximum atomic E-state index is 9.23. The van der Waals surface area contributed by atoms with Crippen molar-refractivity contribution in [3.63, 3.8) is 0 Å². The molecule has 9 aromatic carbocycles. The van der Waals surface area contributed by atoms with Crippen molar-refractivity contribution in [2.45, 2.75) is 6.92 Å². The number of hydrogen-bond donors (Lipinski definition) is 0. The molecule has 334 valence electrons. The standard InChI is InChI=1S/C63H46N6O/c1-40-35-57(64-38-50(40)41-19-6-4-7-20-41)69-53-30-15-10-25-46(53)47-34-33-45(37-56(47)69)70-44-24-18-23-43(36-44)67-39-68(55-32-17-16-31-54(55)67)63-61-59(48-26-11-13-28-51(48)65(61)2)58(42-21-8-5-9-22-42)60-49-27-12-14-29-52(49)66(3)62(60)63/h4-38H,39H2,1-3H3/i2D3,3D3,10D,15D,25D,30D. The summed E-state index contributed by atoms with van der Waals surface area (Å²) in [5, 5.41) is 3.78. The molecule has 0 saturated heterocycles. The fraction of sp³-hybridized carbons (Fsp3) is 0.0635. The molecule has 0 saturated carbocycles. The minimum absolute atomic E-state index is 0.144. The number of rotatable bonds is 7. The first kappa shape index (κ1) is 31.1. The lowest BCUT2D eigenvalue weighted by molar-refractivity contribution is 0.483. The first-order valence-electron chi connectivity index (χ1n) is 28.2. The van der Waals surface area contributed by atoms with Gasteiger partial charge in [-0.3, -0.25) is 4.57 Å². The van der Waals surface area contributed by atoms with Crippen LogP contribution < -0.4 is 14.5 Å². The second-order valence-corrected chi connectivity index (χ2v) is 17.8. The summed E-state index contributed by atoms with van der Waals surface area (Å²) in [5.41, 5.74) is 9.68. The van der Waals surface area contributed by atoms with Crippen LogP contribution in [0.5, 0.6) is 11.5 Å². The van der Waals surface area contributed by atoms with Crippen LogP contribution in [0.4, 0.5) is 22.7 Å². The molecule has 0 radical (unpaired) electrons. The summed E-state index contributed by atoms with van der Waals surface area (Å²) < 4.78 is 102. The third-order valence-electron chi connectivity index (χ3n) is 13.9. The SMILES string of the molecule is [2H]c1c([2H])c([2H])c2c(c1[2H])c1ccc(Oc3cccc(N4CN(c5c6c(c(-c7ccccc7)c7c8ccccc8n(C([2H])([2H])[2H])c57)c5ccccc5n6C([2H])([2H])[2H])c5ccccc54)c3)cc1n2-c1cc(C)c(-c2ccccc2)cn1. The Morgan fingerprint density at radius 1 is 0.529 bits per heavy atom. The van der Waals surface area contributed by atoms with Crippen molar-refractivity contribution in [1.29, 1.82) is 0 Å². The number of anilines is 4. The summed E-state index contributed by atoms with van der Waals surface area (Å²) in [4.78, 5) is 9.06. The van der Waals surface area contributed by atoms with E-state index in [0.29, 0.717) is 88.4 Å². The summed E-state index contributed by atoms with van der Waals surface area (Å²) in [6.45, 7) is -3.28. The van der Waals surface area contributed by atoms with Gasteiger partial charge in [-0.25, -0.2) is 4.98 Å². The summed E-state index contributed by atoms with van der Waals surface area (Å²) in [6, 6.07) is 56.5. The van der Waals surface area contributed by atoms with Crippen molar-refractivity contribution in [2.24, 2.45) is 14.0 Å². The van der Waals surface area contributed by atoms with Gasteiger partial charge in [0.15, 0.2) is 0 Å². The molecular weight excluding hydrogens is 857 g/mol. The zero-order valence-electron chi connectivity index (χ0n) is 47.7. The van der Waals surface area contributed by atoms with Gasteiger partial charge in [0.05, 0.1) is 44.6 Å². The topological polar surface area (TPSA) is 43.4 Å². The molecule has 0 aliphatic carbocycles. The molecule has 0 fully saturated rings. The first-order valence-corrected chi connectivity index (χ1v) is 23.2. The highest BCUT2D eigenvalue weighted by Crippen LogP contribution is 2.54. The molecule has 0 unspecified atom stereocenters. The lowest BCUT2D eigenvalue weighted by Gasteiger charge is -2.26. The fourth-order valence-electron chi connectivity index (χ4n) is 10.9. The molecule has 1 aliphatic rings. The van der Waals surface area contributed by atoms with E-state index in [0.717, 1.165) is 44.9 Å². The molecule has 0 N–H and O–H groups in total. The van der Waals surface area contributed by atoms with Crippen molar-refractivity contribution in [3.05, 3.63) is 218 Å². The normalized spacial score (nSPS) is 15.1. The maximum absolute atomic E-state index is 9.23. The fourth-order valence-corrected chi connectivity index (χ4v) is 10.9. The largest absolute Gasteiger partial charge is 0.457 e. The van der Waals surface area contributed by atoms with Gasteiger partial charge < -0.3 is 23.7 Å². The van der Waals surface area contributed by atoms with E-state index in [1.165, 1.54) is 9.13 Å². The predicted octanol–water partition coefficient (Wildman–Crippen LogP) is 16.2. The molecule has 4 aromatic heterocycles. The van der Waals surface area contributed by atoms with Crippen LogP contribution in [0, 0.1) is 6.92 Å². The Bertz CT molecular complexity index is 4610. The van der Waals surface area contributed by atoms with E-state index < -0.39 is 14.0 Å². The molecule has 14 rings (SSSR count). The van der Waals surface area contributed by atoms with Crippen molar-refractivity contribution < 1.29 is 18.4 Å². The molecule has 70 heavy (non-hydrogen) atoms. The quantitative estimate of drug-likeness (QED) is 0.160. The van der Waals surface area contributed by atoms with E-state index in [9.17, 15) is 8.22 Å². The van der Waals surface area contributed by atoms with Gasteiger partial charge in [0.2, 0.25) is 0 Å². The highest BCUT2D eigenvalue weighted by Gasteiger charge is 2.34. The summed E-state index contributed by atoms with van der Waals surface area (Å²) >= 11 is 0. The number of fused-ring (bicyclic) bond motifs is 10. The Kier molecular flexibility index (Phi) is 6.87. The molecule has 13 aromatic rings. The summed E-state index contributed by atoms with van der Waals surface area (Å²) in [7, 11) is 0. The van der Waals surface area contributed by atoms with Gasteiger partial charge in [-0.2, -0.15) is 0 Å². The molecule has 0 amide bonds. The molecule has 0 bridgehead atoms. The van der Waals surface area contributed by atoms with Crippen LogP contribution in [0.1, 0.15) is 19.3 Å². The second-order valence-electron chi connectivity index (χ2n) is 17.8. The third kappa shape index (κ3) is 5.91. The number of ether oxygens (including phenoxy) is 1. The van der Waals surface area contributed by atoms with E-state index in [1.807, 2.05) is 188 Å². The van der Waals surface area contributed by atoms with Crippen molar-refractivity contribution in [1.82, 2.24) is 18.7 Å². The van der Waals surface area contributed by atoms with Crippen molar-refractivity contribution >= 4 is 88.2 Å². The third-order valence-corrected chi connectivity index (χ3v) is 13.9. The van der Waals surface area contributed by atoms with Crippen LogP contribution in [0.25, 0.3) is 93.5 Å². The van der Waals surface area contributed by atoms with Crippen molar-refractivity contribution in [3.8, 4) is 39.6 Å². The minimum Gasteiger partial charge on any atom is -0.457 e. The smallest absolute Gasteiger partial charge is 0.137 e. The Balaban J connectivity index is 0.944. The van der Waals surface area contributed by atoms with Crippen LogP contribution in [-0.4, -0.2) is 25.4 Å². The molecule has 7 heteroatoms. The monoisotopic (exact) mass is 912 g/mol.